The minimum absolute atomic E-state index is 0.774. The third kappa shape index (κ3) is 5.41. The van der Waals surface area contributed by atoms with Gasteiger partial charge in [0.1, 0.15) is 0 Å². The van der Waals surface area contributed by atoms with Crippen LogP contribution in [0.2, 0.25) is 0 Å². The zero-order valence-electron chi connectivity index (χ0n) is 13.2. The molecule has 0 aromatic heterocycles. The molecular formula is C16H33N3. The number of nitrogens with one attached hydrogen (secondary N) is 1. The normalized spacial score (nSPS) is 25.3. The second kappa shape index (κ2) is 7.61. The van der Waals surface area contributed by atoms with Crippen LogP contribution < -0.4 is 5.32 Å². The van der Waals surface area contributed by atoms with Crippen LogP contribution in [0.25, 0.3) is 0 Å². The Morgan fingerprint density at radius 3 is 2.21 bits per heavy atom. The van der Waals surface area contributed by atoms with Crippen LogP contribution in [0, 0.1) is 11.8 Å². The molecule has 0 bridgehead atoms. The summed E-state index contributed by atoms with van der Waals surface area (Å²) in [7, 11) is 2.25. The van der Waals surface area contributed by atoms with E-state index in [0.717, 1.165) is 17.9 Å². The van der Waals surface area contributed by atoms with Gasteiger partial charge in [-0.25, -0.2) is 0 Å². The maximum absolute atomic E-state index is 3.72. The van der Waals surface area contributed by atoms with Gasteiger partial charge >= 0.3 is 0 Å². The van der Waals surface area contributed by atoms with Crippen molar-refractivity contribution in [1.29, 1.82) is 0 Å². The molecule has 2 rings (SSSR count). The van der Waals surface area contributed by atoms with Crippen molar-refractivity contribution < 1.29 is 0 Å². The highest BCUT2D eigenvalue weighted by molar-refractivity contribution is 4.80. The van der Waals surface area contributed by atoms with Crippen molar-refractivity contribution in [3.63, 3.8) is 0 Å². The molecule has 3 heteroatoms. The Kier molecular flexibility index (Phi) is 6.11. The molecule has 112 valence electrons. The molecule has 2 fully saturated rings. The van der Waals surface area contributed by atoms with E-state index in [1.165, 1.54) is 65.0 Å². The highest BCUT2D eigenvalue weighted by Gasteiger charge is 2.23. The molecule has 19 heavy (non-hydrogen) atoms. The summed E-state index contributed by atoms with van der Waals surface area (Å²) in [6, 6.07) is 0.774. The lowest BCUT2D eigenvalue weighted by molar-refractivity contribution is 0.133. The number of piperidine rings is 2. The molecule has 0 spiro atoms. The van der Waals surface area contributed by atoms with Crippen LogP contribution in [0.4, 0.5) is 0 Å². The van der Waals surface area contributed by atoms with E-state index in [1.54, 1.807) is 0 Å². The molecule has 2 aliphatic rings. The van der Waals surface area contributed by atoms with Crippen LogP contribution in [-0.4, -0.2) is 62.2 Å². The first-order chi connectivity index (χ1) is 9.13. The van der Waals surface area contributed by atoms with Gasteiger partial charge < -0.3 is 15.1 Å². The van der Waals surface area contributed by atoms with Gasteiger partial charge in [-0.2, -0.15) is 0 Å². The Hall–Kier alpha value is -0.120. The summed E-state index contributed by atoms with van der Waals surface area (Å²) in [6.07, 6.45) is 5.50. The predicted octanol–water partition coefficient (Wildman–Crippen LogP) is 2.04. The number of hydrogen-bond acceptors (Lipinski definition) is 3. The van der Waals surface area contributed by atoms with Crippen molar-refractivity contribution in [1.82, 2.24) is 15.1 Å². The monoisotopic (exact) mass is 267 g/mol. The van der Waals surface area contributed by atoms with E-state index in [2.05, 4.69) is 36.0 Å². The number of hydrogen-bond donors (Lipinski definition) is 1. The molecule has 0 unspecified atom stereocenters. The Labute approximate surface area is 119 Å². The maximum Gasteiger partial charge on any atom is 0.00915 e. The topological polar surface area (TPSA) is 18.5 Å². The number of nitrogens with zero attached hydrogens (tertiary/aromatic N) is 2. The van der Waals surface area contributed by atoms with Gasteiger partial charge in [0.25, 0.3) is 0 Å². The maximum atomic E-state index is 3.72. The first kappa shape index (κ1) is 15.3. The minimum Gasteiger partial charge on any atom is -0.314 e. The van der Waals surface area contributed by atoms with Crippen molar-refractivity contribution in [2.24, 2.45) is 11.8 Å². The standard InChI is InChI=1S/C16H33N3/c1-14(2)12-17-16-6-10-19(11-7-16)13-15-4-8-18(3)9-5-15/h14-17H,4-13H2,1-3H3. The fourth-order valence-electron chi connectivity index (χ4n) is 3.33. The fourth-order valence-corrected chi connectivity index (χ4v) is 3.33. The number of likely N-dealkylation sites (tertiary alicyclic amines) is 2. The lowest BCUT2D eigenvalue weighted by Crippen LogP contribution is -2.45. The van der Waals surface area contributed by atoms with Gasteiger partial charge in [0.15, 0.2) is 0 Å². The third-order valence-corrected chi connectivity index (χ3v) is 4.76. The first-order valence-corrected chi connectivity index (χ1v) is 8.27. The van der Waals surface area contributed by atoms with E-state index < -0.39 is 0 Å². The number of rotatable bonds is 5. The Bertz CT molecular complexity index is 238. The summed E-state index contributed by atoms with van der Waals surface area (Å²) in [5, 5.41) is 3.72. The average Bonchev–Trinajstić information content (AvgIpc) is 2.40. The van der Waals surface area contributed by atoms with E-state index in [-0.39, 0.29) is 0 Å². The molecule has 2 aliphatic heterocycles. The highest BCUT2D eigenvalue weighted by atomic mass is 15.2. The van der Waals surface area contributed by atoms with E-state index in [1.807, 2.05) is 0 Å². The molecule has 0 saturated carbocycles. The van der Waals surface area contributed by atoms with Crippen LogP contribution >= 0.6 is 0 Å². The largest absolute Gasteiger partial charge is 0.314 e. The molecular weight excluding hydrogens is 234 g/mol. The predicted molar refractivity (Wildman–Crippen MR) is 82.5 cm³/mol. The summed E-state index contributed by atoms with van der Waals surface area (Å²) in [5.74, 6) is 1.73. The highest BCUT2D eigenvalue weighted by Crippen LogP contribution is 2.19. The molecule has 0 radical (unpaired) electrons. The van der Waals surface area contributed by atoms with Crippen molar-refractivity contribution in [3.05, 3.63) is 0 Å². The van der Waals surface area contributed by atoms with Crippen LogP contribution in [0.5, 0.6) is 0 Å². The second-order valence-electron chi connectivity index (χ2n) is 7.12. The molecule has 2 heterocycles. The van der Waals surface area contributed by atoms with Crippen LogP contribution in [0.1, 0.15) is 39.5 Å². The summed E-state index contributed by atoms with van der Waals surface area (Å²) < 4.78 is 0. The smallest absolute Gasteiger partial charge is 0.00915 e. The first-order valence-electron chi connectivity index (χ1n) is 8.27. The van der Waals surface area contributed by atoms with Crippen molar-refractivity contribution >= 4 is 0 Å². The Morgan fingerprint density at radius 1 is 1.00 bits per heavy atom. The molecule has 2 saturated heterocycles. The molecule has 0 aromatic carbocycles. The van der Waals surface area contributed by atoms with Gasteiger partial charge in [-0.05, 0) is 77.3 Å². The van der Waals surface area contributed by atoms with E-state index in [9.17, 15) is 0 Å². The van der Waals surface area contributed by atoms with Crippen molar-refractivity contribution in [3.8, 4) is 0 Å². The molecule has 3 nitrogen and oxygen atoms in total. The zero-order valence-corrected chi connectivity index (χ0v) is 13.2. The van der Waals surface area contributed by atoms with Crippen LogP contribution in [-0.2, 0) is 0 Å². The van der Waals surface area contributed by atoms with Crippen molar-refractivity contribution in [2.75, 3.05) is 46.3 Å². The van der Waals surface area contributed by atoms with E-state index in [4.69, 9.17) is 0 Å². The summed E-state index contributed by atoms with van der Waals surface area (Å²) in [4.78, 5) is 5.18. The van der Waals surface area contributed by atoms with Crippen LogP contribution in [0.15, 0.2) is 0 Å². The summed E-state index contributed by atoms with van der Waals surface area (Å²) in [5.41, 5.74) is 0. The molecule has 0 aromatic rings. The fraction of sp³-hybridized carbons (Fsp3) is 1.00. The Morgan fingerprint density at radius 2 is 1.63 bits per heavy atom. The quantitative estimate of drug-likeness (QED) is 0.822. The van der Waals surface area contributed by atoms with Gasteiger partial charge in [-0.15, -0.1) is 0 Å². The van der Waals surface area contributed by atoms with Gasteiger partial charge in [0, 0.05) is 12.6 Å². The summed E-state index contributed by atoms with van der Waals surface area (Å²) >= 11 is 0. The molecule has 1 N–H and O–H groups in total. The molecule has 0 aliphatic carbocycles. The van der Waals surface area contributed by atoms with Crippen LogP contribution in [0.3, 0.4) is 0 Å². The molecule has 0 atom stereocenters. The molecule has 0 amide bonds. The van der Waals surface area contributed by atoms with Crippen molar-refractivity contribution in [2.45, 2.75) is 45.6 Å². The lowest BCUT2D eigenvalue weighted by Gasteiger charge is -2.37. The van der Waals surface area contributed by atoms with Gasteiger partial charge in [0.05, 0.1) is 0 Å². The summed E-state index contributed by atoms with van der Waals surface area (Å²) in [6.45, 7) is 12.3. The second-order valence-corrected chi connectivity index (χ2v) is 7.12. The lowest BCUT2D eigenvalue weighted by atomic mass is 9.95. The minimum atomic E-state index is 0.774. The van der Waals surface area contributed by atoms with Gasteiger partial charge in [-0.3, -0.25) is 0 Å². The SMILES string of the molecule is CC(C)CNC1CCN(CC2CCN(C)CC2)CC1. The van der Waals surface area contributed by atoms with E-state index in [0.29, 0.717) is 0 Å². The average molecular weight is 267 g/mol. The Balaban J connectivity index is 1.60. The van der Waals surface area contributed by atoms with E-state index >= 15 is 0 Å². The van der Waals surface area contributed by atoms with Gasteiger partial charge in [0.2, 0.25) is 0 Å². The zero-order chi connectivity index (χ0) is 13.7. The van der Waals surface area contributed by atoms with Gasteiger partial charge in [-0.1, -0.05) is 13.8 Å². The third-order valence-electron chi connectivity index (χ3n) is 4.76.